The minimum Gasteiger partial charge on any atom is -0.333 e. The maximum atomic E-state index is 10.1. The number of carbonyl (C=O) groups excluding carboxylic acids is 1. The number of benzene rings is 1. The molecule has 0 spiro atoms. The molecule has 0 fully saturated rings. The van der Waals surface area contributed by atoms with Crippen LogP contribution in [0.15, 0.2) is 24.3 Å². The Morgan fingerprint density at radius 3 is 1.77 bits per heavy atom. The van der Waals surface area contributed by atoms with Crippen molar-refractivity contribution in [2.24, 2.45) is 5.73 Å². The predicted molar refractivity (Wildman–Crippen MR) is 58.0 cm³/mol. The van der Waals surface area contributed by atoms with Crippen LogP contribution in [0.25, 0.3) is 0 Å². The van der Waals surface area contributed by atoms with Crippen LogP contribution in [0.1, 0.15) is 29.8 Å². The molecule has 0 heterocycles. The van der Waals surface area contributed by atoms with Crippen molar-refractivity contribution in [3.05, 3.63) is 35.4 Å². The Bertz CT molecular complexity index is 204. The maximum absolute atomic E-state index is 10.1. The number of aryl methyl sites for hydroxylation is 1. The monoisotopic (exact) mass is 181 g/mol. The van der Waals surface area contributed by atoms with E-state index in [4.69, 9.17) is 0 Å². The molecule has 1 rings (SSSR count). The lowest BCUT2D eigenvalue weighted by Gasteiger charge is -1.89. The van der Waals surface area contributed by atoms with Crippen LogP contribution in [0, 0.1) is 6.92 Å². The van der Waals surface area contributed by atoms with Crippen LogP contribution in [0.2, 0.25) is 0 Å². The van der Waals surface area contributed by atoms with Crippen LogP contribution in [0.5, 0.6) is 0 Å². The summed E-state index contributed by atoms with van der Waals surface area (Å²) in [7, 11) is 1.50. The summed E-state index contributed by atoms with van der Waals surface area (Å²) in [4.78, 5) is 10.1. The van der Waals surface area contributed by atoms with Gasteiger partial charge in [0.2, 0.25) is 0 Å². The number of hydrogen-bond donors (Lipinski definition) is 1. The molecule has 0 saturated heterocycles. The van der Waals surface area contributed by atoms with Crippen molar-refractivity contribution in [1.29, 1.82) is 0 Å². The number of carbonyl (C=O) groups is 1. The highest BCUT2D eigenvalue weighted by molar-refractivity contribution is 5.74. The molecule has 2 N–H and O–H groups in total. The first-order valence-electron chi connectivity index (χ1n) is 4.42. The van der Waals surface area contributed by atoms with Gasteiger partial charge in [-0.1, -0.05) is 43.7 Å². The molecule has 0 unspecified atom stereocenters. The first-order valence-corrected chi connectivity index (χ1v) is 4.42. The van der Waals surface area contributed by atoms with Gasteiger partial charge in [0.1, 0.15) is 6.29 Å². The number of nitrogens with two attached hydrogens (primary N) is 1. The molecule has 0 radical (unpaired) electrons. The molecule has 2 nitrogen and oxygen atoms in total. The molecule has 0 bridgehead atoms. The molecule has 1 aromatic carbocycles. The van der Waals surface area contributed by atoms with Crippen molar-refractivity contribution in [3.63, 3.8) is 0 Å². The lowest BCUT2D eigenvalue weighted by atomic mass is 10.2. The summed E-state index contributed by atoms with van der Waals surface area (Å²) in [5.74, 6) is 0. The Kier molecular flexibility index (Phi) is 12.0. The topological polar surface area (TPSA) is 43.1 Å². The first kappa shape index (κ1) is 14.4. The molecule has 0 aliphatic rings. The number of rotatable bonds is 1. The molecule has 1 aromatic rings. The van der Waals surface area contributed by atoms with E-state index in [1.165, 1.54) is 12.6 Å². The highest BCUT2D eigenvalue weighted by atomic mass is 16.1. The Hall–Kier alpha value is -1.15. The third-order valence-electron chi connectivity index (χ3n) is 1.21. The Labute approximate surface area is 80.8 Å². The molecule has 74 valence electrons. The molecule has 2 heteroatoms. The second-order valence-electron chi connectivity index (χ2n) is 2.03. The number of aldehydes is 1. The van der Waals surface area contributed by atoms with Gasteiger partial charge in [0.15, 0.2) is 0 Å². The van der Waals surface area contributed by atoms with Gasteiger partial charge in [-0.15, -0.1) is 0 Å². The van der Waals surface area contributed by atoms with E-state index in [2.05, 4.69) is 5.73 Å². The van der Waals surface area contributed by atoms with E-state index in [1.807, 2.05) is 45.0 Å². The van der Waals surface area contributed by atoms with Crippen molar-refractivity contribution in [2.45, 2.75) is 20.8 Å². The lowest BCUT2D eigenvalue weighted by molar-refractivity contribution is 0.112. The minimum atomic E-state index is 0.737. The summed E-state index contributed by atoms with van der Waals surface area (Å²) in [6.45, 7) is 5.99. The zero-order valence-electron chi connectivity index (χ0n) is 8.87. The minimum absolute atomic E-state index is 0.737. The Morgan fingerprint density at radius 2 is 1.46 bits per heavy atom. The normalized spacial score (nSPS) is 7.15. The molecule has 0 aromatic heterocycles. The van der Waals surface area contributed by atoms with Crippen molar-refractivity contribution in [2.75, 3.05) is 7.05 Å². The zero-order chi connectivity index (χ0) is 10.7. The molecule has 0 aliphatic heterocycles. The lowest BCUT2D eigenvalue weighted by Crippen LogP contribution is -1.77. The second kappa shape index (κ2) is 10.8. The van der Waals surface area contributed by atoms with E-state index in [0.717, 1.165) is 11.8 Å². The SMILES string of the molecule is CC.CN.Cc1ccc(C=O)cc1. The van der Waals surface area contributed by atoms with E-state index in [9.17, 15) is 4.79 Å². The van der Waals surface area contributed by atoms with Gasteiger partial charge in [-0.05, 0) is 14.0 Å². The predicted octanol–water partition coefficient (Wildman–Crippen LogP) is 2.41. The van der Waals surface area contributed by atoms with Crippen molar-refractivity contribution in [3.8, 4) is 0 Å². The summed E-state index contributed by atoms with van der Waals surface area (Å²) >= 11 is 0. The van der Waals surface area contributed by atoms with E-state index in [-0.39, 0.29) is 0 Å². The van der Waals surface area contributed by atoms with Gasteiger partial charge in [-0.3, -0.25) is 4.79 Å². The third kappa shape index (κ3) is 7.22. The second-order valence-corrected chi connectivity index (χ2v) is 2.03. The zero-order valence-corrected chi connectivity index (χ0v) is 8.87. The fourth-order valence-electron chi connectivity index (χ4n) is 0.645. The van der Waals surface area contributed by atoms with Gasteiger partial charge in [0, 0.05) is 5.56 Å². The quantitative estimate of drug-likeness (QED) is 0.676. The van der Waals surface area contributed by atoms with Gasteiger partial charge >= 0.3 is 0 Å². The Morgan fingerprint density at radius 1 is 1.08 bits per heavy atom. The van der Waals surface area contributed by atoms with Crippen LogP contribution in [-0.4, -0.2) is 13.3 Å². The van der Waals surface area contributed by atoms with Gasteiger partial charge in [-0.2, -0.15) is 0 Å². The maximum Gasteiger partial charge on any atom is 0.150 e. The standard InChI is InChI=1S/C8H8O.C2H6.CH5N/c1-7-2-4-8(6-9)5-3-7;2*1-2/h2-6H,1H3;1-2H3;2H2,1H3. The molecule has 0 aliphatic carbocycles. The van der Waals surface area contributed by atoms with Crippen LogP contribution in [-0.2, 0) is 0 Å². The highest BCUT2D eigenvalue weighted by Gasteiger charge is 1.85. The molecule has 0 amide bonds. The molecular weight excluding hydrogens is 162 g/mol. The van der Waals surface area contributed by atoms with Crippen molar-refractivity contribution >= 4 is 6.29 Å². The molecule has 0 saturated carbocycles. The van der Waals surface area contributed by atoms with Crippen LogP contribution in [0.4, 0.5) is 0 Å². The molecular formula is C11H19NO. The third-order valence-corrected chi connectivity index (χ3v) is 1.21. The summed E-state index contributed by atoms with van der Waals surface area (Å²) < 4.78 is 0. The largest absolute Gasteiger partial charge is 0.333 e. The molecule has 13 heavy (non-hydrogen) atoms. The first-order chi connectivity index (χ1) is 6.33. The average molecular weight is 181 g/mol. The van der Waals surface area contributed by atoms with Crippen LogP contribution < -0.4 is 5.73 Å². The van der Waals surface area contributed by atoms with Crippen LogP contribution >= 0.6 is 0 Å². The van der Waals surface area contributed by atoms with Gasteiger partial charge in [0.05, 0.1) is 0 Å². The van der Waals surface area contributed by atoms with Crippen molar-refractivity contribution < 1.29 is 4.79 Å². The highest BCUT2D eigenvalue weighted by Crippen LogP contribution is 1.98. The van der Waals surface area contributed by atoms with Crippen LogP contribution in [0.3, 0.4) is 0 Å². The number of hydrogen-bond acceptors (Lipinski definition) is 2. The van der Waals surface area contributed by atoms with E-state index in [1.54, 1.807) is 0 Å². The van der Waals surface area contributed by atoms with E-state index >= 15 is 0 Å². The van der Waals surface area contributed by atoms with E-state index < -0.39 is 0 Å². The fraction of sp³-hybridized carbons (Fsp3) is 0.364. The molecule has 0 atom stereocenters. The Balaban J connectivity index is 0. The summed E-state index contributed by atoms with van der Waals surface area (Å²) in [6.07, 6.45) is 0.847. The average Bonchev–Trinajstić information content (AvgIpc) is 2.25. The summed E-state index contributed by atoms with van der Waals surface area (Å²) in [5.41, 5.74) is 6.42. The summed E-state index contributed by atoms with van der Waals surface area (Å²) in [5, 5.41) is 0. The smallest absolute Gasteiger partial charge is 0.150 e. The van der Waals surface area contributed by atoms with E-state index in [0.29, 0.717) is 0 Å². The van der Waals surface area contributed by atoms with Crippen molar-refractivity contribution in [1.82, 2.24) is 0 Å². The van der Waals surface area contributed by atoms with Gasteiger partial charge in [0.25, 0.3) is 0 Å². The fourth-order valence-corrected chi connectivity index (χ4v) is 0.645. The van der Waals surface area contributed by atoms with Gasteiger partial charge < -0.3 is 5.73 Å². The summed E-state index contributed by atoms with van der Waals surface area (Å²) in [6, 6.07) is 7.46. The van der Waals surface area contributed by atoms with Gasteiger partial charge in [-0.25, -0.2) is 0 Å².